The summed E-state index contributed by atoms with van der Waals surface area (Å²) >= 11 is 0. The number of nitrogens with one attached hydrogen (secondary N) is 1. The van der Waals surface area contributed by atoms with Gasteiger partial charge in [0.1, 0.15) is 0 Å². The molecule has 0 aromatic heterocycles. The van der Waals surface area contributed by atoms with Crippen LogP contribution in [0.4, 0.5) is 0 Å². The number of piperazine rings is 1. The summed E-state index contributed by atoms with van der Waals surface area (Å²) in [4.78, 5) is 14.3. The molecule has 0 saturated carbocycles. The van der Waals surface area contributed by atoms with Gasteiger partial charge in [-0.2, -0.15) is 0 Å². The van der Waals surface area contributed by atoms with Crippen LogP contribution >= 0.6 is 0 Å². The molecule has 3 nitrogen and oxygen atoms in total. The van der Waals surface area contributed by atoms with E-state index in [0.29, 0.717) is 0 Å². The third kappa shape index (κ3) is 1.70. The summed E-state index contributed by atoms with van der Waals surface area (Å²) in [6, 6.07) is 0. The Kier molecular flexibility index (Phi) is 2.27. The fourth-order valence-corrected chi connectivity index (χ4v) is 1.20. The standard InChI is InChI=1S/C7H14N2O/c1-7(10)9-5-3-8(2)4-6-9/h3-6H2,1-2H3/p+1. The maximum atomic E-state index is 10.8. The second kappa shape index (κ2) is 3.01. The summed E-state index contributed by atoms with van der Waals surface area (Å²) in [6.07, 6.45) is 0. The van der Waals surface area contributed by atoms with Crippen LogP contribution in [0, 0.1) is 0 Å². The van der Waals surface area contributed by atoms with Crippen molar-refractivity contribution < 1.29 is 9.69 Å². The Morgan fingerprint density at radius 1 is 1.40 bits per heavy atom. The molecule has 0 atom stereocenters. The lowest BCUT2D eigenvalue weighted by Crippen LogP contribution is -3.12. The predicted octanol–water partition coefficient (Wildman–Crippen LogP) is -1.64. The highest BCUT2D eigenvalue weighted by Gasteiger charge is 2.17. The van der Waals surface area contributed by atoms with Crippen molar-refractivity contribution in [1.29, 1.82) is 0 Å². The molecule has 1 amide bonds. The third-order valence-corrected chi connectivity index (χ3v) is 2.06. The van der Waals surface area contributed by atoms with E-state index in [0.717, 1.165) is 26.2 Å². The van der Waals surface area contributed by atoms with Gasteiger partial charge in [-0.25, -0.2) is 0 Å². The zero-order valence-corrected chi connectivity index (χ0v) is 6.68. The number of likely N-dealkylation sites (N-methyl/N-ethyl adjacent to an activating group) is 1. The molecule has 0 radical (unpaired) electrons. The van der Waals surface area contributed by atoms with Gasteiger partial charge >= 0.3 is 0 Å². The van der Waals surface area contributed by atoms with Crippen molar-refractivity contribution >= 4 is 5.91 Å². The van der Waals surface area contributed by atoms with Crippen molar-refractivity contribution in [3.05, 3.63) is 0 Å². The zero-order chi connectivity index (χ0) is 7.56. The minimum atomic E-state index is 0.215. The molecule has 58 valence electrons. The normalized spacial score (nSPS) is 21.2. The molecular weight excluding hydrogens is 128 g/mol. The quantitative estimate of drug-likeness (QED) is 0.432. The van der Waals surface area contributed by atoms with Gasteiger partial charge in [0.15, 0.2) is 0 Å². The number of quaternary nitrogens is 1. The van der Waals surface area contributed by atoms with Crippen LogP contribution in [0.2, 0.25) is 0 Å². The van der Waals surface area contributed by atoms with Gasteiger partial charge in [0.05, 0.1) is 33.2 Å². The second-order valence-corrected chi connectivity index (χ2v) is 2.96. The van der Waals surface area contributed by atoms with E-state index < -0.39 is 0 Å². The fraction of sp³-hybridized carbons (Fsp3) is 0.857. The average molecular weight is 143 g/mol. The Balaban J connectivity index is 2.33. The number of hydrogen-bond donors (Lipinski definition) is 1. The number of amides is 1. The first kappa shape index (κ1) is 7.54. The van der Waals surface area contributed by atoms with Gasteiger partial charge in [-0.15, -0.1) is 0 Å². The molecule has 0 unspecified atom stereocenters. The number of rotatable bonds is 0. The summed E-state index contributed by atoms with van der Waals surface area (Å²) < 4.78 is 0. The van der Waals surface area contributed by atoms with Crippen molar-refractivity contribution in [2.45, 2.75) is 6.92 Å². The molecule has 1 N–H and O–H groups in total. The molecular formula is C7H15N2O+. The summed E-state index contributed by atoms with van der Waals surface area (Å²) in [5, 5.41) is 0. The van der Waals surface area contributed by atoms with Gasteiger partial charge in [-0.1, -0.05) is 0 Å². The van der Waals surface area contributed by atoms with Crippen molar-refractivity contribution in [2.75, 3.05) is 33.2 Å². The van der Waals surface area contributed by atoms with Gasteiger partial charge in [0, 0.05) is 6.92 Å². The summed E-state index contributed by atoms with van der Waals surface area (Å²) in [7, 11) is 2.16. The van der Waals surface area contributed by atoms with Gasteiger partial charge < -0.3 is 9.80 Å². The van der Waals surface area contributed by atoms with Gasteiger partial charge in [0.2, 0.25) is 5.91 Å². The molecule has 1 aliphatic rings. The van der Waals surface area contributed by atoms with E-state index in [1.807, 2.05) is 4.90 Å². The molecule has 1 heterocycles. The van der Waals surface area contributed by atoms with Gasteiger partial charge in [0.25, 0.3) is 0 Å². The van der Waals surface area contributed by atoms with E-state index >= 15 is 0 Å². The lowest BCUT2D eigenvalue weighted by Gasteiger charge is -2.29. The summed E-state index contributed by atoms with van der Waals surface area (Å²) in [6.45, 7) is 5.70. The van der Waals surface area contributed by atoms with E-state index in [4.69, 9.17) is 0 Å². The topological polar surface area (TPSA) is 24.8 Å². The van der Waals surface area contributed by atoms with Gasteiger partial charge in [-0.3, -0.25) is 4.79 Å². The Hall–Kier alpha value is -0.570. The average Bonchev–Trinajstić information content (AvgIpc) is 1.88. The summed E-state index contributed by atoms with van der Waals surface area (Å²) in [5.74, 6) is 0.215. The maximum absolute atomic E-state index is 10.8. The van der Waals surface area contributed by atoms with Crippen LogP contribution in [0.5, 0.6) is 0 Å². The fourth-order valence-electron chi connectivity index (χ4n) is 1.20. The van der Waals surface area contributed by atoms with Gasteiger partial charge in [-0.05, 0) is 0 Å². The highest BCUT2D eigenvalue weighted by Crippen LogP contribution is 1.88. The smallest absolute Gasteiger partial charge is 0.219 e. The van der Waals surface area contributed by atoms with Crippen LogP contribution < -0.4 is 4.90 Å². The first-order valence-electron chi connectivity index (χ1n) is 3.77. The van der Waals surface area contributed by atoms with Crippen molar-refractivity contribution in [3.63, 3.8) is 0 Å². The molecule has 1 saturated heterocycles. The molecule has 0 aliphatic carbocycles. The molecule has 1 fully saturated rings. The molecule has 0 spiro atoms. The molecule has 0 bridgehead atoms. The van der Waals surface area contributed by atoms with E-state index in [-0.39, 0.29) is 5.91 Å². The summed E-state index contributed by atoms with van der Waals surface area (Å²) in [5.41, 5.74) is 0. The molecule has 3 heteroatoms. The molecule has 10 heavy (non-hydrogen) atoms. The monoisotopic (exact) mass is 143 g/mol. The van der Waals surface area contributed by atoms with E-state index in [9.17, 15) is 4.79 Å². The van der Waals surface area contributed by atoms with Crippen LogP contribution in [-0.2, 0) is 4.79 Å². The SMILES string of the molecule is CC(=O)N1CC[NH+](C)CC1. The Morgan fingerprint density at radius 2 is 1.90 bits per heavy atom. The predicted molar refractivity (Wildman–Crippen MR) is 38.9 cm³/mol. The first-order chi connectivity index (χ1) is 4.70. The Bertz CT molecular complexity index is 128. The van der Waals surface area contributed by atoms with E-state index in [1.165, 1.54) is 4.90 Å². The lowest BCUT2D eigenvalue weighted by molar-refractivity contribution is -0.883. The molecule has 0 aromatic carbocycles. The Morgan fingerprint density at radius 3 is 2.30 bits per heavy atom. The largest absolute Gasteiger partial charge is 0.334 e. The number of hydrogen-bond acceptors (Lipinski definition) is 1. The molecule has 0 aromatic rings. The first-order valence-corrected chi connectivity index (χ1v) is 3.77. The van der Waals surface area contributed by atoms with Crippen molar-refractivity contribution in [3.8, 4) is 0 Å². The van der Waals surface area contributed by atoms with Crippen molar-refractivity contribution in [1.82, 2.24) is 4.90 Å². The minimum absolute atomic E-state index is 0.215. The van der Waals surface area contributed by atoms with Crippen LogP contribution in [0.3, 0.4) is 0 Å². The highest BCUT2D eigenvalue weighted by atomic mass is 16.2. The minimum Gasteiger partial charge on any atom is -0.334 e. The second-order valence-electron chi connectivity index (χ2n) is 2.96. The number of carbonyl (C=O) groups is 1. The van der Waals surface area contributed by atoms with Crippen LogP contribution in [0.15, 0.2) is 0 Å². The third-order valence-electron chi connectivity index (χ3n) is 2.06. The van der Waals surface area contributed by atoms with E-state index in [2.05, 4.69) is 7.05 Å². The van der Waals surface area contributed by atoms with Crippen molar-refractivity contribution in [2.24, 2.45) is 0 Å². The van der Waals surface area contributed by atoms with Crippen LogP contribution in [0.25, 0.3) is 0 Å². The highest BCUT2D eigenvalue weighted by molar-refractivity contribution is 5.73. The van der Waals surface area contributed by atoms with Crippen LogP contribution in [-0.4, -0.2) is 44.0 Å². The number of carbonyl (C=O) groups excluding carboxylic acids is 1. The molecule has 1 rings (SSSR count). The lowest BCUT2D eigenvalue weighted by atomic mass is 10.3. The van der Waals surface area contributed by atoms with Crippen LogP contribution in [0.1, 0.15) is 6.92 Å². The Labute approximate surface area is 61.6 Å². The zero-order valence-electron chi connectivity index (χ0n) is 6.68. The van der Waals surface area contributed by atoms with E-state index in [1.54, 1.807) is 6.92 Å². The maximum Gasteiger partial charge on any atom is 0.219 e. The molecule has 1 aliphatic heterocycles. The number of nitrogens with zero attached hydrogens (tertiary/aromatic N) is 1.